The zero-order valence-corrected chi connectivity index (χ0v) is 7.32. The van der Waals surface area contributed by atoms with Gasteiger partial charge in [-0.25, -0.2) is 6.07 Å². The smallest absolute Gasteiger partial charge is 0.000829 e. The van der Waals surface area contributed by atoms with Gasteiger partial charge in [-0.2, -0.15) is 12.1 Å². The molecule has 0 atom stereocenters. The Labute approximate surface area is 71.9 Å². The van der Waals surface area contributed by atoms with Crippen LogP contribution in [0.1, 0.15) is 25.3 Å². The van der Waals surface area contributed by atoms with E-state index in [4.69, 9.17) is 5.11 Å². The second-order valence-electron chi connectivity index (χ2n) is 2.52. The number of aromatic hydroxyl groups is 1. The molecule has 1 radical (unpaired) electrons. The monoisotopic (exact) mass is 178 g/mol. The van der Waals surface area contributed by atoms with E-state index in [1.165, 1.54) is 0 Å². The Bertz CT molecular complexity index is 191. The standard InChI is InChI=1S/C8H11O.Mn/c1-6(2)7-4-3-5-8(7)9;/h3-6,9H,1-2H3;/q-1;. The fourth-order valence-electron chi connectivity index (χ4n) is 0.913. The second kappa shape index (κ2) is 3.74. The maximum Gasteiger partial charge on any atom is 0.000829 e. The third-order valence-electron chi connectivity index (χ3n) is 1.45. The van der Waals surface area contributed by atoms with Gasteiger partial charge in [0.1, 0.15) is 0 Å². The van der Waals surface area contributed by atoms with Crippen molar-refractivity contribution < 1.29 is 22.2 Å². The molecule has 0 aromatic heterocycles. The molecule has 2 heteroatoms. The van der Waals surface area contributed by atoms with Crippen LogP contribution in [0.25, 0.3) is 0 Å². The van der Waals surface area contributed by atoms with Crippen molar-refractivity contribution in [2.24, 2.45) is 0 Å². The molecule has 0 aliphatic carbocycles. The second-order valence-corrected chi connectivity index (χ2v) is 2.52. The van der Waals surface area contributed by atoms with Crippen molar-refractivity contribution in [1.29, 1.82) is 0 Å². The SMILES string of the molecule is CC(C)[c-]1cccc1O.[Mn]. The quantitative estimate of drug-likeness (QED) is 0.516. The molecule has 0 unspecified atom stereocenters. The van der Waals surface area contributed by atoms with E-state index < -0.39 is 0 Å². The van der Waals surface area contributed by atoms with Gasteiger partial charge >= 0.3 is 0 Å². The van der Waals surface area contributed by atoms with Crippen LogP contribution in [0.15, 0.2) is 18.2 Å². The van der Waals surface area contributed by atoms with Gasteiger partial charge in [0.15, 0.2) is 0 Å². The van der Waals surface area contributed by atoms with Crippen molar-refractivity contribution in [3.63, 3.8) is 0 Å². The summed E-state index contributed by atoms with van der Waals surface area (Å²) in [5.74, 6) is 0.852. The molecule has 0 saturated carbocycles. The normalized spacial score (nSPS) is 9.50. The van der Waals surface area contributed by atoms with E-state index in [1.807, 2.05) is 12.1 Å². The Morgan fingerprint density at radius 2 is 2.10 bits per heavy atom. The van der Waals surface area contributed by atoms with Crippen LogP contribution in [0.3, 0.4) is 0 Å². The zero-order chi connectivity index (χ0) is 6.85. The molecule has 0 heterocycles. The van der Waals surface area contributed by atoms with E-state index >= 15 is 0 Å². The maximum absolute atomic E-state index is 9.12. The van der Waals surface area contributed by atoms with Gasteiger partial charge in [-0.1, -0.05) is 19.8 Å². The third kappa shape index (κ3) is 1.83. The number of hydrogen-bond donors (Lipinski definition) is 1. The van der Waals surface area contributed by atoms with E-state index in [0.717, 1.165) is 5.56 Å². The molecule has 0 saturated heterocycles. The van der Waals surface area contributed by atoms with E-state index in [2.05, 4.69) is 13.8 Å². The summed E-state index contributed by atoms with van der Waals surface area (Å²) in [6.07, 6.45) is 0. The van der Waals surface area contributed by atoms with Gasteiger partial charge in [0.25, 0.3) is 0 Å². The fourth-order valence-corrected chi connectivity index (χ4v) is 0.913. The molecular weight excluding hydrogens is 167 g/mol. The molecule has 0 amide bonds. The van der Waals surface area contributed by atoms with E-state index in [-0.39, 0.29) is 17.1 Å². The molecule has 0 aliphatic rings. The van der Waals surface area contributed by atoms with Crippen LogP contribution in [0, 0.1) is 0 Å². The van der Waals surface area contributed by atoms with Crippen LogP contribution < -0.4 is 0 Å². The molecular formula is C8H11MnO-. The minimum atomic E-state index is 0. The van der Waals surface area contributed by atoms with Crippen LogP contribution in [0.2, 0.25) is 0 Å². The van der Waals surface area contributed by atoms with Gasteiger partial charge < -0.3 is 5.11 Å². The molecule has 1 N–H and O–H groups in total. The van der Waals surface area contributed by atoms with Crippen LogP contribution in [-0.4, -0.2) is 5.11 Å². The van der Waals surface area contributed by atoms with Gasteiger partial charge in [-0.15, -0.1) is 5.56 Å². The molecule has 57 valence electrons. The first kappa shape index (κ1) is 9.67. The van der Waals surface area contributed by atoms with Crippen LogP contribution >= 0.6 is 0 Å². The minimum absolute atomic E-state index is 0. The number of hydrogen-bond acceptors (Lipinski definition) is 1. The van der Waals surface area contributed by atoms with Gasteiger partial charge in [0.2, 0.25) is 0 Å². The van der Waals surface area contributed by atoms with Crippen molar-refractivity contribution in [2.45, 2.75) is 19.8 Å². The molecule has 1 nitrogen and oxygen atoms in total. The van der Waals surface area contributed by atoms with Crippen molar-refractivity contribution in [3.8, 4) is 5.75 Å². The van der Waals surface area contributed by atoms with Gasteiger partial charge in [0.05, 0.1) is 0 Å². The molecule has 0 aliphatic heterocycles. The molecule has 0 fully saturated rings. The first-order valence-electron chi connectivity index (χ1n) is 3.16. The third-order valence-corrected chi connectivity index (χ3v) is 1.45. The summed E-state index contributed by atoms with van der Waals surface area (Å²) >= 11 is 0. The summed E-state index contributed by atoms with van der Waals surface area (Å²) in [5.41, 5.74) is 1.04. The van der Waals surface area contributed by atoms with Crippen molar-refractivity contribution in [2.75, 3.05) is 0 Å². The van der Waals surface area contributed by atoms with Crippen molar-refractivity contribution in [1.82, 2.24) is 0 Å². The molecule has 1 aromatic rings. The van der Waals surface area contributed by atoms with Gasteiger partial charge in [0, 0.05) is 22.8 Å². The van der Waals surface area contributed by atoms with Crippen LogP contribution in [0.5, 0.6) is 5.75 Å². The molecule has 1 aromatic carbocycles. The van der Waals surface area contributed by atoms with E-state index in [1.54, 1.807) is 6.07 Å². The first-order valence-corrected chi connectivity index (χ1v) is 3.16. The first-order chi connectivity index (χ1) is 4.22. The Morgan fingerprint density at radius 1 is 1.50 bits per heavy atom. The summed E-state index contributed by atoms with van der Waals surface area (Å²) < 4.78 is 0. The molecule has 10 heavy (non-hydrogen) atoms. The minimum Gasteiger partial charge on any atom is -0.534 e. The fraction of sp³-hybridized carbons (Fsp3) is 0.375. The summed E-state index contributed by atoms with van der Waals surface area (Å²) in [6.45, 7) is 4.13. The summed E-state index contributed by atoms with van der Waals surface area (Å²) in [4.78, 5) is 0. The predicted molar refractivity (Wildman–Crippen MR) is 37.8 cm³/mol. The van der Waals surface area contributed by atoms with E-state index in [0.29, 0.717) is 11.7 Å². The predicted octanol–water partition coefficient (Wildman–Crippen LogP) is 2.23. The summed E-state index contributed by atoms with van der Waals surface area (Å²) in [7, 11) is 0. The molecule has 1 rings (SSSR count). The Morgan fingerprint density at radius 3 is 2.30 bits per heavy atom. The Balaban J connectivity index is 0.000000810. The zero-order valence-electron chi connectivity index (χ0n) is 6.13. The topological polar surface area (TPSA) is 20.2 Å². The molecule has 0 spiro atoms. The Hall–Kier alpha value is -0.331. The summed E-state index contributed by atoms with van der Waals surface area (Å²) in [5, 5.41) is 9.12. The average Bonchev–Trinajstić information content (AvgIpc) is 2.13. The van der Waals surface area contributed by atoms with Crippen LogP contribution in [-0.2, 0) is 17.1 Å². The van der Waals surface area contributed by atoms with Crippen LogP contribution in [0.4, 0.5) is 0 Å². The maximum atomic E-state index is 9.12. The summed E-state index contributed by atoms with van der Waals surface area (Å²) in [6, 6.07) is 5.53. The average molecular weight is 178 g/mol. The van der Waals surface area contributed by atoms with Crippen molar-refractivity contribution >= 4 is 0 Å². The number of rotatable bonds is 1. The van der Waals surface area contributed by atoms with Gasteiger partial charge in [-0.3, -0.25) is 0 Å². The van der Waals surface area contributed by atoms with Crippen molar-refractivity contribution in [3.05, 3.63) is 23.8 Å². The van der Waals surface area contributed by atoms with E-state index in [9.17, 15) is 0 Å². The van der Waals surface area contributed by atoms with Gasteiger partial charge in [-0.05, 0) is 0 Å². The largest absolute Gasteiger partial charge is 0.534 e. The molecule has 0 bridgehead atoms. The Kier molecular flexibility index (Phi) is 3.62.